The van der Waals surface area contributed by atoms with E-state index in [4.69, 9.17) is 0 Å². The topological polar surface area (TPSA) is 74.2 Å². The number of nitrogens with zero attached hydrogens (tertiary/aromatic N) is 5. The summed E-state index contributed by atoms with van der Waals surface area (Å²) in [5, 5.41) is 4.95. The summed E-state index contributed by atoms with van der Waals surface area (Å²) in [6.45, 7) is 5.50. The van der Waals surface area contributed by atoms with Gasteiger partial charge in [-0.25, -0.2) is 15.0 Å². The highest BCUT2D eigenvalue weighted by atomic mass is 32.1. The summed E-state index contributed by atoms with van der Waals surface area (Å²) in [6, 6.07) is 8.05. The van der Waals surface area contributed by atoms with Crippen LogP contribution >= 0.6 is 11.3 Å². The molecule has 0 spiro atoms. The van der Waals surface area contributed by atoms with E-state index in [-0.39, 0.29) is 5.91 Å². The highest BCUT2D eigenvalue weighted by molar-refractivity contribution is 7.10. The lowest BCUT2D eigenvalue weighted by Gasteiger charge is -2.35. The van der Waals surface area contributed by atoms with Gasteiger partial charge in [0.25, 0.3) is 0 Å². The summed E-state index contributed by atoms with van der Waals surface area (Å²) >= 11 is 1.70. The van der Waals surface area contributed by atoms with Crippen LogP contribution in [0, 0.1) is 6.92 Å². The lowest BCUT2D eigenvalue weighted by atomic mass is 10.2. The number of nitrogens with one attached hydrogen (secondary N) is 1. The van der Waals surface area contributed by atoms with Gasteiger partial charge in [-0.05, 0) is 42.5 Å². The molecule has 0 unspecified atom stereocenters. The number of hydrogen-bond donors (Lipinski definition) is 1. The van der Waals surface area contributed by atoms with Crippen molar-refractivity contribution in [3.8, 4) is 0 Å². The predicted octanol–water partition coefficient (Wildman–Crippen LogP) is 3.14. The number of amides is 1. The van der Waals surface area contributed by atoms with Gasteiger partial charge in [-0.2, -0.15) is 0 Å². The lowest BCUT2D eigenvalue weighted by molar-refractivity contribution is -0.116. The SMILES string of the molecule is Cc1ccsc1CCC(=O)Nc1cnc(N2CCN(c3ccccn3)CC2)nc1. The first-order chi connectivity index (χ1) is 14.2. The van der Waals surface area contributed by atoms with Gasteiger partial charge in [0.2, 0.25) is 11.9 Å². The van der Waals surface area contributed by atoms with Crippen molar-refractivity contribution in [3.63, 3.8) is 0 Å². The van der Waals surface area contributed by atoms with Gasteiger partial charge < -0.3 is 15.1 Å². The summed E-state index contributed by atoms with van der Waals surface area (Å²) in [5.74, 6) is 1.68. The van der Waals surface area contributed by atoms with E-state index in [9.17, 15) is 4.79 Å². The maximum absolute atomic E-state index is 12.2. The summed E-state index contributed by atoms with van der Waals surface area (Å²) in [6.07, 6.45) is 6.40. The van der Waals surface area contributed by atoms with Crippen LogP contribution in [0.1, 0.15) is 16.9 Å². The molecule has 1 aliphatic rings. The van der Waals surface area contributed by atoms with Crippen LogP contribution in [-0.2, 0) is 11.2 Å². The Kier molecular flexibility index (Phi) is 6.00. The molecule has 4 heterocycles. The van der Waals surface area contributed by atoms with Gasteiger partial charge in [-0.3, -0.25) is 4.79 Å². The monoisotopic (exact) mass is 408 g/mol. The average molecular weight is 409 g/mol. The van der Waals surface area contributed by atoms with Gasteiger partial charge in [0.15, 0.2) is 0 Å². The first-order valence-electron chi connectivity index (χ1n) is 9.75. The third kappa shape index (κ3) is 4.89. The minimum Gasteiger partial charge on any atom is -0.353 e. The van der Waals surface area contributed by atoms with Crippen molar-refractivity contribution in [2.45, 2.75) is 19.8 Å². The average Bonchev–Trinajstić information content (AvgIpc) is 3.18. The van der Waals surface area contributed by atoms with E-state index >= 15 is 0 Å². The minimum absolute atomic E-state index is 0.0156. The van der Waals surface area contributed by atoms with E-state index in [2.05, 4.69) is 48.4 Å². The second-order valence-electron chi connectivity index (χ2n) is 7.01. The van der Waals surface area contributed by atoms with Gasteiger partial charge in [0, 0.05) is 43.7 Å². The van der Waals surface area contributed by atoms with Crippen molar-refractivity contribution in [2.24, 2.45) is 0 Å². The van der Waals surface area contributed by atoms with Crippen LogP contribution in [0.3, 0.4) is 0 Å². The van der Waals surface area contributed by atoms with Gasteiger partial charge in [0.05, 0.1) is 18.1 Å². The Hall–Kier alpha value is -3.00. The molecule has 4 rings (SSSR count). The van der Waals surface area contributed by atoms with Crippen molar-refractivity contribution in [3.05, 3.63) is 58.7 Å². The highest BCUT2D eigenvalue weighted by Crippen LogP contribution is 2.19. The normalized spacial score (nSPS) is 14.1. The van der Waals surface area contributed by atoms with Crippen LogP contribution in [0.2, 0.25) is 0 Å². The van der Waals surface area contributed by atoms with Crippen LogP contribution < -0.4 is 15.1 Å². The Balaban J connectivity index is 1.27. The molecule has 1 fully saturated rings. The van der Waals surface area contributed by atoms with E-state index in [1.807, 2.05) is 24.4 Å². The van der Waals surface area contributed by atoms with Crippen LogP contribution in [0.4, 0.5) is 17.5 Å². The summed E-state index contributed by atoms with van der Waals surface area (Å²) in [5.41, 5.74) is 1.88. The molecule has 0 bridgehead atoms. The molecule has 0 saturated carbocycles. The quantitative estimate of drug-likeness (QED) is 0.675. The minimum atomic E-state index is -0.0156. The number of carbonyl (C=O) groups is 1. The molecular weight excluding hydrogens is 384 g/mol. The molecule has 1 N–H and O–H groups in total. The number of piperazine rings is 1. The number of rotatable bonds is 6. The maximum Gasteiger partial charge on any atom is 0.225 e. The molecule has 1 amide bonds. The van der Waals surface area contributed by atoms with E-state index in [1.165, 1.54) is 10.4 Å². The number of aromatic nitrogens is 3. The van der Waals surface area contributed by atoms with Gasteiger partial charge in [-0.15, -0.1) is 11.3 Å². The fraction of sp³-hybridized carbons (Fsp3) is 0.333. The van der Waals surface area contributed by atoms with Gasteiger partial charge in [0.1, 0.15) is 5.82 Å². The highest BCUT2D eigenvalue weighted by Gasteiger charge is 2.19. The van der Waals surface area contributed by atoms with Crippen molar-refractivity contribution < 1.29 is 4.79 Å². The Morgan fingerprint density at radius 2 is 1.83 bits per heavy atom. The number of aryl methyl sites for hydroxylation is 2. The van der Waals surface area contributed by atoms with Gasteiger partial charge >= 0.3 is 0 Å². The predicted molar refractivity (Wildman–Crippen MR) is 117 cm³/mol. The molecule has 0 atom stereocenters. The molecular formula is C21H24N6OS. The number of hydrogen-bond acceptors (Lipinski definition) is 7. The Morgan fingerprint density at radius 1 is 1.07 bits per heavy atom. The summed E-state index contributed by atoms with van der Waals surface area (Å²) in [4.78, 5) is 31.2. The van der Waals surface area contributed by atoms with E-state index in [0.29, 0.717) is 18.1 Å². The number of anilines is 3. The molecule has 0 radical (unpaired) electrons. The first-order valence-corrected chi connectivity index (χ1v) is 10.6. The molecule has 3 aromatic rings. The van der Waals surface area contributed by atoms with Crippen molar-refractivity contribution >= 4 is 34.7 Å². The summed E-state index contributed by atoms with van der Waals surface area (Å²) < 4.78 is 0. The zero-order valence-electron chi connectivity index (χ0n) is 16.4. The molecule has 29 heavy (non-hydrogen) atoms. The van der Waals surface area contributed by atoms with Crippen LogP contribution in [0.15, 0.2) is 48.2 Å². The van der Waals surface area contributed by atoms with Crippen LogP contribution in [0.5, 0.6) is 0 Å². The standard InChI is InChI=1S/C21H24N6OS/c1-16-7-13-29-18(16)5-6-20(28)25-17-14-23-21(24-15-17)27-11-9-26(10-12-27)19-4-2-3-8-22-19/h2-4,7-8,13-15H,5-6,9-12H2,1H3,(H,25,28). The fourth-order valence-corrected chi connectivity index (χ4v) is 4.25. The molecule has 3 aromatic heterocycles. The maximum atomic E-state index is 12.2. The van der Waals surface area contributed by atoms with E-state index < -0.39 is 0 Å². The lowest BCUT2D eigenvalue weighted by Crippen LogP contribution is -2.47. The van der Waals surface area contributed by atoms with Crippen molar-refractivity contribution in [1.29, 1.82) is 0 Å². The molecule has 1 aliphatic heterocycles. The van der Waals surface area contributed by atoms with Crippen LogP contribution in [-0.4, -0.2) is 47.0 Å². The van der Waals surface area contributed by atoms with Crippen molar-refractivity contribution in [1.82, 2.24) is 15.0 Å². The van der Waals surface area contributed by atoms with Crippen molar-refractivity contribution in [2.75, 3.05) is 41.3 Å². The first kappa shape index (κ1) is 19.3. The Labute approximate surface area is 174 Å². The second kappa shape index (κ2) is 9.00. The third-order valence-electron chi connectivity index (χ3n) is 5.01. The van der Waals surface area contributed by atoms with Crippen LogP contribution in [0.25, 0.3) is 0 Å². The third-order valence-corrected chi connectivity index (χ3v) is 6.09. The number of carbonyl (C=O) groups excluding carboxylic acids is 1. The Morgan fingerprint density at radius 3 is 2.48 bits per heavy atom. The van der Waals surface area contributed by atoms with Gasteiger partial charge in [-0.1, -0.05) is 6.07 Å². The fourth-order valence-electron chi connectivity index (χ4n) is 3.34. The second-order valence-corrected chi connectivity index (χ2v) is 8.01. The number of thiophene rings is 1. The Bertz CT molecular complexity index is 935. The van der Waals surface area contributed by atoms with E-state index in [1.54, 1.807) is 23.7 Å². The molecule has 0 aromatic carbocycles. The number of pyridine rings is 1. The molecule has 7 nitrogen and oxygen atoms in total. The largest absolute Gasteiger partial charge is 0.353 e. The smallest absolute Gasteiger partial charge is 0.225 e. The molecule has 150 valence electrons. The zero-order valence-corrected chi connectivity index (χ0v) is 17.2. The summed E-state index contributed by atoms with van der Waals surface area (Å²) in [7, 11) is 0. The molecule has 1 saturated heterocycles. The molecule has 8 heteroatoms. The van der Waals surface area contributed by atoms with E-state index in [0.717, 1.165) is 38.4 Å². The molecule has 0 aliphatic carbocycles. The zero-order chi connectivity index (χ0) is 20.1.